The quantitative estimate of drug-likeness (QED) is 0.601. The molecule has 1 heteroatoms. The van der Waals surface area contributed by atoms with Gasteiger partial charge in [0.15, 0.2) is 0 Å². The Morgan fingerprint density at radius 3 is 2.50 bits per heavy atom. The van der Waals surface area contributed by atoms with Crippen LogP contribution in [0.15, 0.2) is 18.3 Å². The van der Waals surface area contributed by atoms with Crippen molar-refractivity contribution in [3.8, 4) is 0 Å². The fraction of sp³-hybridized carbons (Fsp3) is 0.706. The summed E-state index contributed by atoms with van der Waals surface area (Å²) in [6, 6.07) is 4.56. The third-order valence-corrected chi connectivity index (χ3v) is 4.22. The number of aromatic nitrogens is 1. The Morgan fingerprint density at radius 2 is 1.94 bits per heavy atom. The highest BCUT2D eigenvalue weighted by molar-refractivity contribution is 5.25. The van der Waals surface area contributed by atoms with Gasteiger partial charge in [-0.1, -0.05) is 52.5 Å². The summed E-state index contributed by atoms with van der Waals surface area (Å²) >= 11 is 0. The van der Waals surface area contributed by atoms with Crippen LogP contribution in [0.1, 0.15) is 82.9 Å². The lowest BCUT2D eigenvalue weighted by atomic mass is 9.80. The van der Waals surface area contributed by atoms with Crippen LogP contribution in [-0.4, -0.2) is 4.98 Å². The zero-order valence-electron chi connectivity index (χ0n) is 12.2. The molecule has 1 heterocycles. The molecular formula is C17H27N. The van der Waals surface area contributed by atoms with E-state index >= 15 is 0 Å². The van der Waals surface area contributed by atoms with E-state index in [0.717, 1.165) is 5.92 Å². The highest BCUT2D eigenvalue weighted by Crippen LogP contribution is 2.39. The van der Waals surface area contributed by atoms with E-state index < -0.39 is 0 Å². The lowest BCUT2D eigenvalue weighted by molar-refractivity contribution is 0.444. The van der Waals surface area contributed by atoms with Crippen molar-refractivity contribution in [1.82, 2.24) is 4.98 Å². The maximum Gasteiger partial charge on any atom is 0.0434 e. The Labute approximate surface area is 112 Å². The zero-order chi connectivity index (χ0) is 13.0. The fourth-order valence-corrected chi connectivity index (χ4v) is 2.56. The van der Waals surface area contributed by atoms with Gasteiger partial charge in [0.05, 0.1) is 0 Å². The number of hydrogen-bond donors (Lipinski definition) is 0. The van der Waals surface area contributed by atoms with Crippen molar-refractivity contribution in [2.45, 2.75) is 77.0 Å². The molecule has 100 valence electrons. The first kappa shape index (κ1) is 13.6. The second-order valence-electron chi connectivity index (χ2n) is 6.44. The second kappa shape index (κ2) is 5.86. The molecule has 0 aliphatic heterocycles. The Hall–Kier alpha value is -0.850. The minimum Gasteiger partial charge on any atom is -0.261 e. The monoisotopic (exact) mass is 245 g/mol. The lowest BCUT2D eigenvalue weighted by Crippen LogP contribution is -2.17. The van der Waals surface area contributed by atoms with Gasteiger partial charge in [-0.3, -0.25) is 4.98 Å². The van der Waals surface area contributed by atoms with E-state index in [1.807, 2.05) is 0 Å². The molecule has 1 aliphatic rings. The Balaban J connectivity index is 1.90. The first-order chi connectivity index (χ1) is 8.63. The first-order valence-corrected chi connectivity index (χ1v) is 7.60. The van der Waals surface area contributed by atoms with Gasteiger partial charge >= 0.3 is 0 Å². The largest absolute Gasteiger partial charge is 0.261 e. The van der Waals surface area contributed by atoms with E-state index in [0.29, 0.717) is 0 Å². The van der Waals surface area contributed by atoms with Crippen molar-refractivity contribution < 1.29 is 0 Å². The van der Waals surface area contributed by atoms with Crippen molar-refractivity contribution in [2.24, 2.45) is 0 Å². The second-order valence-corrected chi connectivity index (χ2v) is 6.44. The summed E-state index contributed by atoms with van der Waals surface area (Å²) in [5.74, 6) is 0.770. The predicted molar refractivity (Wildman–Crippen MR) is 78.0 cm³/mol. The van der Waals surface area contributed by atoms with Crippen LogP contribution in [0.2, 0.25) is 0 Å². The summed E-state index contributed by atoms with van der Waals surface area (Å²) in [5, 5.41) is 0. The van der Waals surface area contributed by atoms with Crippen LogP contribution in [0, 0.1) is 0 Å². The topological polar surface area (TPSA) is 12.9 Å². The van der Waals surface area contributed by atoms with Gasteiger partial charge in [-0.05, 0) is 36.3 Å². The maximum atomic E-state index is 4.65. The highest BCUT2D eigenvalue weighted by Gasteiger charge is 2.26. The van der Waals surface area contributed by atoms with Crippen molar-refractivity contribution in [3.63, 3.8) is 0 Å². The molecule has 2 rings (SSSR count). The Morgan fingerprint density at radius 1 is 1.17 bits per heavy atom. The van der Waals surface area contributed by atoms with Gasteiger partial charge < -0.3 is 0 Å². The molecule has 1 saturated carbocycles. The van der Waals surface area contributed by atoms with Gasteiger partial charge in [0.1, 0.15) is 0 Å². The predicted octanol–water partition coefficient (Wildman–Crippen LogP) is 5.21. The van der Waals surface area contributed by atoms with Crippen LogP contribution >= 0.6 is 0 Å². The molecule has 1 fully saturated rings. The molecule has 1 aromatic rings. The van der Waals surface area contributed by atoms with Crippen molar-refractivity contribution in [1.29, 1.82) is 0 Å². The lowest BCUT2D eigenvalue weighted by Gasteiger charge is -2.25. The molecule has 1 nitrogen and oxygen atoms in total. The molecule has 0 bridgehead atoms. The number of unbranched alkanes of at least 4 members (excludes halogenated alkanes) is 3. The van der Waals surface area contributed by atoms with Gasteiger partial charge in [0.25, 0.3) is 0 Å². The van der Waals surface area contributed by atoms with Crippen LogP contribution in [0.3, 0.4) is 0 Å². The molecular weight excluding hydrogens is 218 g/mol. The van der Waals surface area contributed by atoms with E-state index in [1.165, 1.54) is 56.2 Å². The SMILES string of the molecule is CCCCCCC(C)(C)c1ccc(C2CC2)nc1. The first-order valence-electron chi connectivity index (χ1n) is 7.60. The molecule has 18 heavy (non-hydrogen) atoms. The van der Waals surface area contributed by atoms with E-state index in [2.05, 4.69) is 44.1 Å². The van der Waals surface area contributed by atoms with E-state index in [4.69, 9.17) is 0 Å². The fourth-order valence-electron chi connectivity index (χ4n) is 2.56. The highest BCUT2D eigenvalue weighted by atomic mass is 14.7. The van der Waals surface area contributed by atoms with Crippen LogP contribution < -0.4 is 0 Å². The summed E-state index contributed by atoms with van der Waals surface area (Å²) in [6.45, 7) is 6.98. The number of rotatable bonds is 7. The summed E-state index contributed by atoms with van der Waals surface area (Å²) in [4.78, 5) is 4.65. The van der Waals surface area contributed by atoms with Crippen LogP contribution in [0.4, 0.5) is 0 Å². The smallest absolute Gasteiger partial charge is 0.0434 e. The molecule has 0 N–H and O–H groups in total. The Kier molecular flexibility index (Phi) is 4.42. The van der Waals surface area contributed by atoms with Crippen LogP contribution in [0.5, 0.6) is 0 Å². The molecule has 1 aliphatic carbocycles. The maximum absolute atomic E-state index is 4.65. The Bertz CT molecular complexity index is 360. The third-order valence-electron chi connectivity index (χ3n) is 4.22. The normalized spacial score (nSPS) is 15.9. The van der Waals surface area contributed by atoms with Crippen molar-refractivity contribution in [3.05, 3.63) is 29.6 Å². The van der Waals surface area contributed by atoms with E-state index in [1.54, 1.807) is 0 Å². The molecule has 0 spiro atoms. The molecule has 0 saturated heterocycles. The van der Waals surface area contributed by atoms with Gasteiger partial charge in [-0.2, -0.15) is 0 Å². The van der Waals surface area contributed by atoms with Gasteiger partial charge in [-0.15, -0.1) is 0 Å². The van der Waals surface area contributed by atoms with E-state index in [-0.39, 0.29) is 5.41 Å². The molecule has 1 aromatic heterocycles. The average Bonchev–Trinajstić information content (AvgIpc) is 3.19. The minimum absolute atomic E-state index is 0.281. The summed E-state index contributed by atoms with van der Waals surface area (Å²) in [6.07, 6.45) is 11.5. The number of pyridine rings is 1. The van der Waals surface area contributed by atoms with Gasteiger partial charge in [-0.25, -0.2) is 0 Å². The van der Waals surface area contributed by atoms with Gasteiger partial charge in [0, 0.05) is 17.8 Å². The third kappa shape index (κ3) is 3.57. The summed E-state index contributed by atoms with van der Waals surface area (Å²) < 4.78 is 0. The number of hydrogen-bond acceptors (Lipinski definition) is 1. The standard InChI is InChI=1S/C17H27N/c1-4-5-6-7-12-17(2,3)15-10-11-16(18-13-15)14-8-9-14/h10-11,13-14H,4-9,12H2,1-3H3. The summed E-state index contributed by atoms with van der Waals surface area (Å²) in [5.41, 5.74) is 2.99. The van der Waals surface area contributed by atoms with Crippen LogP contribution in [0.25, 0.3) is 0 Å². The molecule has 0 radical (unpaired) electrons. The molecule has 0 aromatic carbocycles. The zero-order valence-corrected chi connectivity index (χ0v) is 12.2. The van der Waals surface area contributed by atoms with E-state index in [9.17, 15) is 0 Å². The molecule has 0 amide bonds. The molecule has 0 unspecified atom stereocenters. The van der Waals surface area contributed by atoms with Gasteiger partial charge in [0.2, 0.25) is 0 Å². The van der Waals surface area contributed by atoms with Crippen molar-refractivity contribution in [2.75, 3.05) is 0 Å². The minimum atomic E-state index is 0.281. The summed E-state index contributed by atoms with van der Waals surface area (Å²) in [7, 11) is 0. The average molecular weight is 245 g/mol. The van der Waals surface area contributed by atoms with Crippen LogP contribution in [-0.2, 0) is 5.41 Å². The molecule has 0 atom stereocenters. The number of nitrogens with zero attached hydrogens (tertiary/aromatic N) is 1. The van der Waals surface area contributed by atoms with Crippen molar-refractivity contribution >= 4 is 0 Å².